The van der Waals surface area contributed by atoms with Crippen LogP contribution in [0, 0.1) is 16.4 Å². The Morgan fingerprint density at radius 2 is 2.15 bits per heavy atom. The van der Waals surface area contributed by atoms with Crippen molar-refractivity contribution in [2.75, 3.05) is 0 Å². The van der Waals surface area contributed by atoms with Crippen LogP contribution in [0.1, 0.15) is 24.4 Å². The monoisotopic (exact) mass is 308 g/mol. The van der Waals surface area contributed by atoms with Crippen molar-refractivity contribution >= 4 is 34.2 Å². The van der Waals surface area contributed by atoms with Crippen molar-refractivity contribution in [3.8, 4) is 0 Å². The number of hydrogen-bond donors (Lipinski definition) is 0. The molecule has 0 saturated heterocycles. The number of aromatic nitrogens is 2. The van der Waals surface area contributed by atoms with Gasteiger partial charge in [-0.1, -0.05) is 11.6 Å². The van der Waals surface area contributed by atoms with Crippen LogP contribution >= 0.6 is 34.2 Å². The lowest BCUT2D eigenvalue weighted by Crippen LogP contribution is -2.01. The van der Waals surface area contributed by atoms with E-state index >= 15 is 0 Å². The van der Waals surface area contributed by atoms with Gasteiger partial charge in [0.25, 0.3) is 0 Å². The predicted octanol–water partition coefficient (Wildman–Crippen LogP) is 3.00. The number of rotatable bonds is 2. The Kier molecular flexibility index (Phi) is 2.74. The highest BCUT2D eigenvalue weighted by Crippen LogP contribution is 2.32. The van der Waals surface area contributed by atoms with E-state index in [9.17, 15) is 0 Å². The van der Waals surface area contributed by atoms with Gasteiger partial charge in [0.15, 0.2) is 0 Å². The molecule has 0 N–H and O–H groups in total. The second-order valence-electron chi connectivity index (χ2n) is 3.48. The highest BCUT2D eigenvalue weighted by molar-refractivity contribution is 14.1. The van der Waals surface area contributed by atoms with E-state index in [0.29, 0.717) is 5.15 Å². The van der Waals surface area contributed by atoms with Crippen LogP contribution in [-0.2, 0) is 6.42 Å². The molecule has 1 fully saturated rings. The van der Waals surface area contributed by atoms with E-state index < -0.39 is 0 Å². The van der Waals surface area contributed by atoms with E-state index in [2.05, 4.69) is 32.6 Å². The fraction of sp³-hybridized carbons (Fsp3) is 0.556. The first-order chi connectivity index (χ1) is 6.16. The van der Waals surface area contributed by atoms with E-state index in [1.807, 2.05) is 6.92 Å². The maximum atomic E-state index is 5.96. The number of hydrogen-bond acceptors (Lipinski definition) is 2. The molecule has 0 spiro atoms. The lowest BCUT2D eigenvalue weighted by molar-refractivity contribution is 0.761. The molecule has 0 bridgehead atoms. The molecule has 1 aromatic rings. The van der Waals surface area contributed by atoms with Crippen LogP contribution in [-0.4, -0.2) is 9.97 Å². The van der Waals surface area contributed by atoms with Crippen LogP contribution in [0.5, 0.6) is 0 Å². The molecule has 0 atom stereocenters. The van der Waals surface area contributed by atoms with Gasteiger partial charge in [-0.15, -0.1) is 0 Å². The minimum Gasteiger partial charge on any atom is -0.237 e. The van der Waals surface area contributed by atoms with Crippen molar-refractivity contribution in [3.63, 3.8) is 0 Å². The molecule has 13 heavy (non-hydrogen) atoms. The quantitative estimate of drug-likeness (QED) is 0.620. The third kappa shape index (κ3) is 2.31. The molecule has 2 rings (SSSR count). The first kappa shape index (κ1) is 9.65. The van der Waals surface area contributed by atoms with Gasteiger partial charge >= 0.3 is 0 Å². The standard InChI is InChI=1S/C9H10ClIN2/c1-5-8(11)9(10)13-7(12-5)4-6-2-3-6/h6H,2-4H2,1H3. The zero-order valence-electron chi connectivity index (χ0n) is 7.35. The van der Waals surface area contributed by atoms with Gasteiger partial charge in [0.1, 0.15) is 11.0 Å². The first-order valence-corrected chi connectivity index (χ1v) is 5.81. The van der Waals surface area contributed by atoms with Gasteiger partial charge < -0.3 is 0 Å². The van der Waals surface area contributed by atoms with Crippen molar-refractivity contribution < 1.29 is 0 Å². The maximum Gasteiger partial charge on any atom is 0.146 e. The molecule has 0 amide bonds. The number of aryl methyl sites for hydroxylation is 1. The normalized spacial score (nSPS) is 16.2. The van der Waals surface area contributed by atoms with Gasteiger partial charge in [-0.25, -0.2) is 9.97 Å². The second kappa shape index (κ2) is 3.69. The Morgan fingerprint density at radius 3 is 2.69 bits per heavy atom. The first-order valence-electron chi connectivity index (χ1n) is 4.35. The average Bonchev–Trinajstić information content (AvgIpc) is 2.84. The molecular weight excluding hydrogens is 298 g/mol. The minimum atomic E-state index is 0.601. The molecule has 0 unspecified atom stereocenters. The molecule has 1 heterocycles. The molecule has 4 heteroatoms. The molecule has 1 aliphatic rings. The predicted molar refractivity (Wildman–Crippen MR) is 60.9 cm³/mol. The van der Waals surface area contributed by atoms with Gasteiger partial charge in [-0.3, -0.25) is 0 Å². The van der Waals surface area contributed by atoms with Gasteiger partial charge in [0.05, 0.1) is 9.26 Å². The summed E-state index contributed by atoms with van der Waals surface area (Å²) >= 11 is 8.14. The molecule has 0 radical (unpaired) electrons. The smallest absolute Gasteiger partial charge is 0.146 e. The SMILES string of the molecule is Cc1nc(CC2CC2)nc(Cl)c1I. The minimum absolute atomic E-state index is 0.601. The Balaban J connectivity index is 2.25. The molecule has 70 valence electrons. The molecule has 1 aliphatic carbocycles. The highest BCUT2D eigenvalue weighted by Gasteiger charge is 2.23. The van der Waals surface area contributed by atoms with Crippen LogP contribution in [0.2, 0.25) is 5.15 Å². The Labute approximate surface area is 96.3 Å². The van der Waals surface area contributed by atoms with Crippen LogP contribution in [0.25, 0.3) is 0 Å². The van der Waals surface area contributed by atoms with Crippen LogP contribution in [0.4, 0.5) is 0 Å². The van der Waals surface area contributed by atoms with Crippen LogP contribution in [0.15, 0.2) is 0 Å². The summed E-state index contributed by atoms with van der Waals surface area (Å²) in [6, 6.07) is 0. The van der Waals surface area contributed by atoms with Crippen molar-refractivity contribution in [3.05, 3.63) is 20.2 Å². The Hall–Kier alpha value is 0.100. The largest absolute Gasteiger partial charge is 0.237 e. The van der Waals surface area contributed by atoms with Crippen molar-refractivity contribution in [1.29, 1.82) is 0 Å². The van der Waals surface area contributed by atoms with E-state index in [-0.39, 0.29) is 0 Å². The summed E-state index contributed by atoms with van der Waals surface area (Å²) < 4.78 is 0.971. The molecule has 1 saturated carbocycles. The highest BCUT2D eigenvalue weighted by atomic mass is 127. The summed E-state index contributed by atoms with van der Waals surface area (Å²) in [6.45, 7) is 1.98. The molecule has 0 aliphatic heterocycles. The maximum absolute atomic E-state index is 5.96. The lowest BCUT2D eigenvalue weighted by atomic mass is 10.3. The fourth-order valence-corrected chi connectivity index (χ4v) is 1.73. The molecule has 2 nitrogen and oxygen atoms in total. The molecular formula is C9H10ClIN2. The van der Waals surface area contributed by atoms with E-state index in [0.717, 1.165) is 27.4 Å². The average molecular weight is 309 g/mol. The fourth-order valence-electron chi connectivity index (χ4n) is 1.25. The van der Waals surface area contributed by atoms with E-state index in [1.165, 1.54) is 12.8 Å². The zero-order valence-corrected chi connectivity index (χ0v) is 10.3. The van der Waals surface area contributed by atoms with Crippen molar-refractivity contribution in [2.24, 2.45) is 5.92 Å². The summed E-state index contributed by atoms with van der Waals surface area (Å²) in [7, 11) is 0. The third-order valence-electron chi connectivity index (χ3n) is 2.19. The van der Waals surface area contributed by atoms with Crippen molar-refractivity contribution in [2.45, 2.75) is 26.2 Å². The zero-order chi connectivity index (χ0) is 9.42. The Morgan fingerprint density at radius 1 is 1.46 bits per heavy atom. The Bertz CT molecular complexity index is 313. The summed E-state index contributed by atoms with van der Waals surface area (Å²) in [4.78, 5) is 8.67. The summed E-state index contributed by atoms with van der Waals surface area (Å²) in [5.41, 5.74) is 0.997. The van der Waals surface area contributed by atoms with Gasteiger partial charge in [0, 0.05) is 6.42 Å². The third-order valence-corrected chi connectivity index (χ3v) is 4.07. The van der Waals surface area contributed by atoms with Crippen LogP contribution in [0.3, 0.4) is 0 Å². The van der Waals surface area contributed by atoms with E-state index in [4.69, 9.17) is 11.6 Å². The number of halogens is 2. The van der Waals surface area contributed by atoms with Gasteiger partial charge in [0.2, 0.25) is 0 Å². The van der Waals surface area contributed by atoms with Gasteiger partial charge in [-0.2, -0.15) is 0 Å². The van der Waals surface area contributed by atoms with Crippen LogP contribution < -0.4 is 0 Å². The van der Waals surface area contributed by atoms with Crippen molar-refractivity contribution in [1.82, 2.24) is 9.97 Å². The molecule has 1 aromatic heterocycles. The molecule has 0 aromatic carbocycles. The lowest BCUT2D eigenvalue weighted by Gasteiger charge is -2.03. The summed E-state index contributed by atoms with van der Waals surface area (Å²) in [5, 5.41) is 0.601. The summed E-state index contributed by atoms with van der Waals surface area (Å²) in [5.74, 6) is 1.72. The summed E-state index contributed by atoms with van der Waals surface area (Å²) in [6.07, 6.45) is 3.65. The number of nitrogens with zero attached hydrogens (tertiary/aromatic N) is 2. The second-order valence-corrected chi connectivity index (χ2v) is 4.91. The van der Waals surface area contributed by atoms with Gasteiger partial charge in [-0.05, 0) is 48.3 Å². The van der Waals surface area contributed by atoms with E-state index in [1.54, 1.807) is 0 Å². The topological polar surface area (TPSA) is 25.8 Å².